The normalized spacial score (nSPS) is 27.3. The lowest BCUT2D eigenvalue weighted by molar-refractivity contribution is 0.0757. The summed E-state index contributed by atoms with van der Waals surface area (Å²) in [6.45, 7) is 3.36. The minimum absolute atomic E-state index is 0.316. The quantitative estimate of drug-likeness (QED) is 0.673. The Bertz CT molecular complexity index is 93.7. The first kappa shape index (κ1) is 9.01. The highest BCUT2D eigenvalue weighted by Crippen LogP contribution is 2.21. The summed E-state index contributed by atoms with van der Waals surface area (Å²) in [5.41, 5.74) is 0. The first-order valence-corrected chi connectivity index (χ1v) is 4.59. The van der Waals surface area contributed by atoms with Crippen molar-refractivity contribution in [2.45, 2.75) is 38.7 Å². The van der Waals surface area contributed by atoms with Crippen molar-refractivity contribution >= 4 is 0 Å². The van der Waals surface area contributed by atoms with Gasteiger partial charge in [0.15, 0.2) is 0 Å². The Morgan fingerprint density at radius 3 is 2.91 bits per heavy atom. The molecule has 2 nitrogen and oxygen atoms in total. The van der Waals surface area contributed by atoms with Crippen LogP contribution in [-0.2, 0) is 4.74 Å². The molecule has 0 aromatic carbocycles. The lowest BCUT2D eigenvalue weighted by Gasteiger charge is -2.15. The minimum Gasteiger partial charge on any atom is -0.396 e. The van der Waals surface area contributed by atoms with Crippen LogP contribution in [0.1, 0.15) is 32.6 Å². The van der Waals surface area contributed by atoms with E-state index in [1.807, 2.05) is 0 Å². The molecule has 1 rings (SSSR count). The Morgan fingerprint density at radius 1 is 1.64 bits per heavy atom. The molecule has 0 bridgehead atoms. The second kappa shape index (κ2) is 4.73. The molecule has 0 radical (unpaired) electrons. The maximum absolute atomic E-state index is 8.93. The zero-order valence-corrected chi connectivity index (χ0v) is 7.25. The third-order valence-electron chi connectivity index (χ3n) is 2.46. The maximum atomic E-state index is 8.93. The second-order valence-corrected chi connectivity index (χ2v) is 3.33. The number of aliphatic hydroxyl groups is 1. The van der Waals surface area contributed by atoms with Crippen LogP contribution in [-0.4, -0.2) is 24.4 Å². The van der Waals surface area contributed by atoms with Crippen molar-refractivity contribution in [3.05, 3.63) is 0 Å². The molecule has 2 heteroatoms. The van der Waals surface area contributed by atoms with E-state index >= 15 is 0 Å². The highest BCUT2D eigenvalue weighted by molar-refractivity contribution is 4.69. The van der Waals surface area contributed by atoms with E-state index in [1.54, 1.807) is 0 Å². The molecule has 11 heavy (non-hydrogen) atoms. The van der Waals surface area contributed by atoms with Crippen LogP contribution in [0.3, 0.4) is 0 Å². The lowest BCUT2D eigenvalue weighted by Crippen LogP contribution is -2.14. The van der Waals surface area contributed by atoms with Gasteiger partial charge >= 0.3 is 0 Å². The van der Waals surface area contributed by atoms with Gasteiger partial charge in [-0.3, -0.25) is 0 Å². The number of rotatable bonds is 4. The summed E-state index contributed by atoms with van der Waals surface area (Å²) in [6.07, 6.45) is 4.94. The Hall–Kier alpha value is -0.0800. The third kappa shape index (κ3) is 2.80. The van der Waals surface area contributed by atoms with Crippen molar-refractivity contribution in [1.82, 2.24) is 0 Å². The average molecular weight is 158 g/mol. The van der Waals surface area contributed by atoms with Gasteiger partial charge < -0.3 is 9.84 Å². The van der Waals surface area contributed by atoms with E-state index in [2.05, 4.69) is 6.92 Å². The SMILES string of the molecule is CCC(CO)CC1CCCO1. The molecule has 0 spiro atoms. The molecule has 1 aliphatic rings. The van der Waals surface area contributed by atoms with E-state index in [0.29, 0.717) is 18.6 Å². The van der Waals surface area contributed by atoms with E-state index in [-0.39, 0.29) is 0 Å². The maximum Gasteiger partial charge on any atom is 0.0579 e. The van der Waals surface area contributed by atoms with Gasteiger partial charge in [-0.05, 0) is 25.2 Å². The third-order valence-corrected chi connectivity index (χ3v) is 2.46. The first-order valence-electron chi connectivity index (χ1n) is 4.59. The Labute approximate surface area is 68.6 Å². The summed E-state index contributed by atoms with van der Waals surface area (Å²) in [6, 6.07) is 0. The van der Waals surface area contributed by atoms with Crippen molar-refractivity contribution in [2.75, 3.05) is 13.2 Å². The summed E-state index contributed by atoms with van der Waals surface area (Å²) in [7, 11) is 0. The molecule has 0 saturated carbocycles. The van der Waals surface area contributed by atoms with Gasteiger partial charge in [-0.1, -0.05) is 13.3 Å². The molecule has 1 fully saturated rings. The predicted molar refractivity (Wildman–Crippen MR) is 44.5 cm³/mol. The fourth-order valence-corrected chi connectivity index (χ4v) is 1.57. The van der Waals surface area contributed by atoms with Crippen LogP contribution in [0.15, 0.2) is 0 Å². The van der Waals surface area contributed by atoms with Crippen molar-refractivity contribution in [3.8, 4) is 0 Å². The molecule has 0 aromatic rings. The topological polar surface area (TPSA) is 29.5 Å². The lowest BCUT2D eigenvalue weighted by atomic mass is 9.98. The monoisotopic (exact) mass is 158 g/mol. The van der Waals surface area contributed by atoms with Crippen molar-refractivity contribution < 1.29 is 9.84 Å². The second-order valence-electron chi connectivity index (χ2n) is 3.33. The first-order chi connectivity index (χ1) is 5.36. The summed E-state index contributed by atoms with van der Waals surface area (Å²) in [4.78, 5) is 0. The summed E-state index contributed by atoms with van der Waals surface area (Å²) in [5.74, 6) is 0.457. The molecule has 1 N–H and O–H groups in total. The molecule has 2 unspecified atom stereocenters. The van der Waals surface area contributed by atoms with E-state index in [1.165, 1.54) is 12.8 Å². The van der Waals surface area contributed by atoms with Crippen LogP contribution in [0.2, 0.25) is 0 Å². The van der Waals surface area contributed by atoms with Gasteiger partial charge in [0.05, 0.1) is 6.10 Å². The molecule has 1 saturated heterocycles. The summed E-state index contributed by atoms with van der Waals surface area (Å²) >= 11 is 0. The highest BCUT2D eigenvalue weighted by atomic mass is 16.5. The van der Waals surface area contributed by atoms with Crippen LogP contribution >= 0.6 is 0 Å². The molecule has 0 aromatic heterocycles. The zero-order valence-electron chi connectivity index (χ0n) is 7.25. The molecule has 1 heterocycles. The van der Waals surface area contributed by atoms with Crippen LogP contribution in [0, 0.1) is 5.92 Å². The summed E-state index contributed by atoms with van der Waals surface area (Å²) in [5, 5.41) is 8.93. The van der Waals surface area contributed by atoms with Gasteiger partial charge in [0, 0.05) is 13.2 Å². The molecular formula is C9H18O2. The van der Waals surface area contributed by atoms with E-state index in [0.717, 1.165) is 19.4 Å². The zero-order chi connectivity index (χ0) is 8.10. The van der Waals surface area contributed by atoms with Gasteiger partial charge in [-0.15, -0.1) is 0 Å². The standard InChI is InChI=1S/C9H18O2/c1-2-8(7-10)6-9-4-3-5-11-9/h8-10H,2-7H2,1H3. The fourth-order valence-electron chi connectivity index (χ4n) is 1.57. The van der Waals surface area contributed by atoms with Gasteiger partial charge in [-0.25, -0.2) is 0 Å². The molecule has 2 atom stereocenters. The average Bonchev–Trinajstić information content (AvgIpc) is 2.52. The van der Waals surface area contributed by atoms with Crippen LogP contribution < -0.4 is 0 Å². The minimum atomic E-state index is 0.316. The Balaban J connectivity index is 2.16. The van der Waals surface area contributed by atoms with Gasteiger partial charge in [-0.2, -0.15) is 0 Å². The number of ether oxygens (including phenoxy) is 1. The van der Waals surface area contributed by atoms with Crippen molar-refractivity contribution in [2.24, 2.45) is 5.92 Å². The Kier molecular flexibility index (Phi) is 3.87. The number of hydrogen-bond acceptors (Lipinski definition) is 2. The largest absolute Gasteiger partial charge is 0.396 e. The van der Waals surface area contributed by atoms with Gasteiger partial charge in [0.2, 0.25) is 0 Å². The van der Waals surface area contributed by atoms with Crippen LogP contribution in [0.25, 0.3) is 0 Å². The molecule has 0 amide bonds. The molecular weight excluding hydrogens is 140 g/mol. The molecule has 66 valence electrons. The van der Waals surface area contributed by atoms with E-state index < -0.39 is 0 Å². The highest BCUT2D eigenvalue weighted by Gasteiger charge is 2.18. The molecule has 0 aliphatic carbocycles. The van der Waals surface area contributed by atoms with E-state index in [4.69, 9.17) is 9.84 Å². The van der Waals surface area contributed by atoms with Gasteiger partial charge in [0.1, 0.15) is 0 Å². The fraction of sp³-hybridized carbons (Fsp3) is 1.00. The molecule has 1 aliphatic heterocycles. The van der Waals surface area contributed by atoms with Crippen molar-refractivity contribution in [1.29, 1.82) is 0 Å². The summed E-state index contributed by atoms with van der Waals surface area (Å²) < 4.78 is 5.48. The number of aliphatic hydroxyl groups excluding tert-OH is 1. The van der Waals surface area contributed by atoms with Crippen LogP contribution in [0.5, 0.6) is 0 Å². The van der Waals surface area contributed by atoms with E-state index in [9.17, 15) is 0 Å². The van der Waals surface area contributed by atoms with Gasteiger partial charge in [0.25, 0.3) is 0 Å². The van der Waals surface area contributed by atoms with Crippen molar-refractivity contribution in [3.63, 3.8) is 0 Å². The van der Waals surface area contributed by atoms with Crippen LogP contribution in [0.4, 0.5) is 0 Å². The smallest absolute Gasteiger partial charge is 0.0579 e. The Morgan fingerprint density at radius 2 is 2.45 bits per heavy atom. The number of hydrogen-bond donors (Lipinski definition) is 1. The predicted octanol–water partition coefficient (Wildman–Crippen LogP) is 1.57.